The number of carbonyl (C=O) groups excluding carboxylic acids is 1. The van der Waals surface area contributed by atoms with Gasteiger partial charge in [0, 0.05) is 29.1 Å². The van der Waals surface area contributed by atoms with E-state index in [0.29, 0.717) is 5.56 Å². The number of nitrogens with zero attached hydrogens (tertiary/aromatic N) is 1. The van der Waals surface area contributed by atoms with Gasteiger partial charge in [0.1, 0.15) is 11.6 Å². The van der Waals surface area contributed by atoms with E-state index in [1.165, 1.54) is 6.20 Å². The average Bonchev–Trinajstić information content (AvgIpc) is 2.28. The van der Waals surface area contributed by atoms with E-state index in [9.17, 15) is 13.6 Å². The Morgan fingerprint density at radius 1 is 1.06 bits per heavy atom. The summed E-state index contributed by atoms with van der Waals surface area (Å²) in [7, 11) is 0. The van der Waals surface area contributed by atoms with E-state index in [2.05, 4.69) is 4.98 Å². The van der Waals surface area contributed by atoms with Crippen molar-refractivity contribution < 1.29 is 13.6 Å². The van der Waals surface area contributed by atoms with E-state index in [1.807, 2.05) is 0 Å². The van der Waals surface area contributed by atoms with E-state index < -0.39 is 17.4 Å². The Hall–Kier alpha value is -2.10. The van der Waals surface area contributed by atoms with Crippen LogP contribution in [-0.2, 0) is 0 Å². The highest BCUT2D eigenvalue weighted by Crippen LogP contribution is 2.13. The molecule has 0 aliphatic carbocycles. The summed E-state index contributed by atoms with van der Waals surface area (Å²) in [6.45, 7) is 1.79. The van der Waals surface area contributed by atoms with E-state index >= 15 is 0 Å². The molecule has 0 radical (unpaired) electrons. The van der Waals surface area contributed by atoms with Crippen LogP contribution < -0.4 is 0 Å². The Morgan fingerprint density at radius 3 is 2.24 bits per heavy atom. The van der Waals surface area contributed by atoms with Crippen molar-refractivity contribution in [2.45, 2.75) is 6.92 Å². The van der Waals surface area contributed by atoms with Crippen LogP contribution in [0, 0.1) is 18.6 Å². The van der Waals surface area contributed by atoms with E-state index in [0.717, 1.165) is 23.9 Å². The SMILES string of the molecule is Cc1ccc(C(=O)c2cc(F)cc(F)c2)cn1. The average molecular weight is 233 g/mol. The van der Waals surface area contributed by atoms with Crippen LogP contribution in [0.2, 0.25) is 0 Å². The number of rotatable bonds is 2. The number of pyridine rings is 1. The van der Waals surface area contributed by atoms with Crippen molar-refractivity contribution in [3.8, 4) is 0 Å². The molecule has 0 saturated heterocycles. The van der Waals surface area contributed by atoms with Crippen molar-refractivity contribution in [2.24, 2.45) is 0 Å². The number of aryl methyl sites for hydroxylation is 1. The second-order valence-electron chi connectivity index (χ2n) is 3.68. The van der Waals surface area contributed by atoms with E-state index in [4.69, 9.17) is 0 Å². The summed E-state index contributed by atoms with van der Waals surface area (Å²) >= 11 is 0. The van der Waals surface area contributed by atoms with Gasteiger partial charge in [0.05, 0.1) is 0 Å². The summed E-state index contributed by atoms with van der Waals surface area (Å²) in [6.07, 6.45) is 1.39. The molecule has 2 rings (SSSR count). The third-order valence-electron chi connectivity index (χ3n) is 2.30. The van der Waals surface area contributed by atoms with Gasteiger partial charge in [-0.05, 0) is 31.2 Å². The molecule has 0 N–H and O–H groups in total. The summed E-state index contributed by atoms with van der Waals surface area (Å²) in [5.41, 5.74) is 1.06. The Balaban J connectivity index is 2.40. The maximum absolute atomic E-state index is 13.0. The van der Waals surface area contributed by atoms with Crippen LogP contribution in [0.15, 0.2) is 36.5 Å². The van der Waals surface area contributed by atoms with Crippen LogP contribution in [0.1, 0.15) is 21.6 Å². The minimum Gasteiger partial charge on any atom is -0.289 e. The fourth-order valence-corrected chi connectivity index (χ4v) is 1.45. The van der Waals surface area contributed by atoms with Crippen LogP contribution >= 0.6 is 0 Å². The molecule has 17 heavy (non-hydrogen) atoms. The molecule has 2 nitrogen and oxygen atoms in total. The van der Waals surface area contributed by atoms with Gasteiger partial charge in [0.15, 0.2) is 5.78 Å². The van der Waals surface area contributed by atoms with Crippen LogP contribution in [0.25, 0.3) is 0 Å². The fourth-order valence-electron chi connectivity index (χ4n) is 1.45. The number of halogens is 2. The van der Waals surface area contributed by atoms with E-state index in [1.54, 1.807) is 19.1 Å². The number of ketones is 1. The lowest BCUT2D eigenvalue weighted by atomic mass is 10.0. The first-order valence-electron chi connectivity index (χ1n) is 5.00. The topological polar surface area (TPSA) is 30.0 Å². The summed E-state index contributed by atoms with van der Waals surface area (Å²) in [6, 6.07) is 5.98. The molecule has 0 fully saturated rings. The van der Waals surface area contributed by atoms with Crippen LogP contribution in [0.3, 0.4) is 0 Å². The minimum atomic E-state index is -0.770. The molecular weight excluding hydrogens is 224 g/mol. The first kappa shape index (κ1) is 11.4. The predicted octanol–water partition coefficient (Wildman–Crippen LogP) is 2.90. The molecule has 0 bridgehead atoms. The third kappa shape index (κ3) is 2.53. The fraction of sp³-hybridized carbons (Fsp3) is 0.0769. The highest BCUT2D eigenvalue weighted by molar-refractivity contribution is 6.08. The highest BCUT2D eigenvalue weighted by Gasteiger charge is 2.11. The van der Waals surface area contributed by atoms with Crippen molar-refractivity contribution in [2.75, 3.05) is 0 Å². The molecule has 0 atom stereocenters. The van der Waals surface area contributed by atoms with Gasteiger partial charge in [-0.1, -0.05) is 0 Å². The predicted molar refractivity (Wildman–Crippen MR) is 58.8 cm³/mol. The van der Waals surface area contributed by atoms with Crippen molar-refractivity contribution in [3.63, 3.8) is 0 Å². The number of aromatic nitrogens is 1. The first-order chi connectivity index (χ1) is 8.06. The third-order valence-corrected chi connectivity index (χ3v) is 2.30. The summed E-state index contributed by atoms with van der Waals surface area (Å²) in [5, 5.41) is 0. The number of benzene rings is 1. The zero-order valence-electron chi connectivity index (χ0n) is 9.08. The molecule has 1 aromatic heterocycles. The molecule has 1 heterocycles. The highest BCUT2D eigenvalue weighted by atomic mass is 19.1. The molecule has 0 unspecified atom stereocenters. The summed E-state index contributed by atoms with van der Waals surface area (Å²) in [4.78, 5) is 15.9. The first-order valence-corrected chi connectivity index (χ1v) is 5.00. The van der Waals surface area contributed by atoms with Crippen LogP contribution in [-0.4, -0.2) is 10.8 Å². The van der Waals surface area contributed by atoms with Crippen molar-refractivity contribution in [1.82, 2.24) is 4.98 Å². The molecule has 0 aliphatic rings. The lowest BCUT2D eigenvalue weighted by Crippen LogP contribution is -2.03. The summed E-state index contributed by atoms with van der Waals surface area (Å²) < 4.78 is 25.9. The Labute approximate surface area is 96.9 Å². The van der Waals surface area contributed by atoms with Gasteiger partial charge in [0.25, 0.3) is 0 Å². The molecule has 1 aromatic carbocycles. The molecule has 0 saturated carbocycles. The quantitative estimate of drug-likeness (QED) is 0.746. The van der Waals surface area contributed by atoms with Crippen molar-refractivity contribution in [3.05, 3.63) is 65.0 Å². The van der Waals surface area contributed by atoms with Gasteiger partial charge in [-0.15, -0.1) is 0 Å². The molecule has 4 heteroatoms. The largest absolute Gasteiger partial charge is 0.289 e. The monoisotopic (exact) mass is 233 g/mol. The van der Waals surface area contributed by atoms with Gasteiger partial charge >= 0.3 is 0 Å². The normalized spacial score (nSPS) is 10.3. The Morgan fingerprint density at radius 2 is 1.71 bits per heavy atom. The lowest BCUT2D eigenvalue weighted by molar-refractivity contribution is 0.103. The van der Waals surface area contributed by atoms with Gasteiger partial charge in [0.2, 0.25) is 0 Å². The van der Waals surface area contributed by atoms with E-state index in [-0.39, 0.29) is 5.56 Å². The molecule has 2 aromatic rings. The van der Waals surface area contributed by atoms with Gasteiger partial charge in [-0.3, -0.25) is 9.78 Å². The smallest absolute Gasteiger partial charge is 0.194 e. The van der Waals surface area contributed by atoms with Gasteiger partial charge in [-0.2, -0.15) is 0 Å². The number of hydrogen-bond donors (Lipinski definition) is 0. The molecule has 0 amide bonds. The molecule has 0 spiro atoms. The maximum atomic E-state index is 13.0. The molecule has 86 valence electrons. The second kappa shape index (κ2) is 4.41. The molecule has 0 aliphatic heterocycles. The Bertz CT molecular complexity index is 544. The lowest BCUT2D eigenvalue weighted by Gasteiger charge is -2.02. The van der Waals surface area contributed by atoms with Crippen molar-refractivity contribution >= 4 is 5.78 Å². The van der Waals surface area contributed by atoms with Crippen LogP contribution in [0.5, 0.6) is 0 Å². The van der Waals surface area contributed by atoms with Crippen LogP contribution in [0.4, 0.5) is 8.78 Å². The zero-order valence-corrected chi connectivity index (χ0v) is 9.08. The standard InChI is InChI=1S/C13H9F2NO/c1-8-2-3-9(7-16-8)13(17)10-4-11(14)6-12(15)5-10/h2-7H,1H3. The van der Waals surface area contributed by atoms with Crippen molar-refractivity contribution in [1.29, 1.82) is 0 Å². The number of hydrogen-bond acceptors (Lipinski definition) is 2. The Kier molecular flexibility index (Phi) is 2.95. The maximum Gasteiger partial charge on any atom is 0.194 e. The zero-order chi connectivity index (χ0) is 12.4. The minimum absolute atomic E-state index is 0.0202. The summed E-state index contributed by atoms with van der Waals surface area (Å²) in [5.74, 6) is -1.99. The molecular formula is C13H9F2NO. The number of carbonyl (C=O) groups is 1. The van der Waals surface area contributed by atoms with Gasteiger partial charge in [-0.25, -0.2) is 8.78 Å². The second-order valence-corrected chi connectivity index (χ2v) is 3.68. The van der Waals surface area contributed by atoms with Gasteiger partial charge < -0.3 is 0 Å².